The number of hydrogen-bond donors (Lipinski definition) is 1. The molecule has 0 aliphatic carbocycles. The minimum Gasteiger partial charge on any atom is -0.496 e. The number of rotatable bonds is 8. The van der Waals surface area contributed by atoms with Crippen molar-refractivity contribution in [3.63, 3.8) is 0 Å². The summed E-state index contributed by atoms with van der Waals surface area (Å²) in [5, 5.41) is 2.43. The molecule has 1 unspecified atom stereocenters. The highest BCUT2D eigenvalue weighted by atomic mass is 19.4. The molecule has 0 fully saturated rings. The Labute approximate surface area is 175 Å². The van der Waals surface area contributed by atoms with Gasteiger partial charge >= 0.3 is 12.3 Å². The van der Waals surface area contributed by atoms with Crippen molar-refractivity contribution in [3.05, 3.63) is 42.0 Å². The Balaban J connectivity index is 2.06. The number of ether oxygens (including phenoxy) is 5. The Hall–Kier alpha value is -3.63. The van der Waals surface area contributed by atoms with E-state index < -0.39 is 30.1 Å². The van der Waals surface area contributed by atoms with E-state index in [4.69, 9.17) is 18.9 Å². The van der Waals surface area contributed by atoms with E-state index in [1.165, 1.54) is 52.5 Å². The van der Waals surface area contributed by atoms with Gasteiger partial charge < -0.3 is 29.0 Å². The van der Waals surface area contributed by atoms with Gasteiger partial charge in [0.15, 0.2) is 17.6 Å². The molecule has 0 aliphatic rings. The number of hydrogen-bond acceptors (Lipinski definition) is 7. The van der Waals surface area contributed by atoms with Gasteiger partial charge in [-0.05, 0) is 31.2 Å². The highest BCUT2D eigenvalue weighted by Gasteiger charge is 2.31. The Kier molecular flexibility index (Phi) is 7.56. The first-order valence-electron chi connectivity index (χ1n) is 8.75. The van der Waals surface area contributed by atoms with E-state index >= 15 is 0 Å². The van der Waals surface area contributed by atoms with E-state index in [0.29, 0.717) is 5.75 Å². The normalized spacial score (nSPS) is 11.8. The minimum absolute atomic E-state index is 0.00783. The van der Waals surface area contributed by atoms with Crippen molar-refractivity contribution in [1.29, 1.82) is 0 Å². The number of amides is 1. The lowest BCUT2D eigenvalue weighted by Gasteiger charge is -2.16. The van der Waals surface area contributed by atoms with Gasteiger partial charge in [0, 0.05) is 17.8 Å². The van der Waals surface area contributed by atoms with Crippen LogP contribution in [0.5, 0.6) is 23.0 Å². The zero-order valence-corrected chi connectivity index (χ0v) is 17.0. The summed E-state index contributed by atoms with van der Waals surface area (Å²) < 4.78 is 61.0. The molecule has 0 spiro atoms. The standard InChI is InChI=1S/C20H20F3NO7/c1-11(18(25)24-12-5-7-13(8-6-12)31-20(21,22)23)30-19(26)14-9-16(28-3)17(29-4)10-15(14)27-2/h5-11H,1-4H3,(H,24,25). The van der Waals surface area contributed by atoms with Crippen LogP contribution in [0.15, 0.2) is 36.4 Å². The first-order chi connectivity index (χ1) is 14.6. The fourth-order valence-corrected chi connectivity index (χ4v) is 2.45. The molecule has 2 aromatic carbocycles. The van der Waals surface area contributed by atoms with Crippen LogP contribution in [-0.4, -0.2) is 45.7 Å². The molecule has 0 saturated heterocycles. The molecule has 0 radical (unpaired) electrons. The molecular formula is C20H20F3NO7. The van der Waals surface area contributed by atoms with Gasteiger partial charge in [-0.1, -0.05) is 0 Å². The van der Waals surface area contributed by atoms with Gasteiger partial charge in [-0.25, -0.2) is 4.79 Å². The zero-order valence-electron chi connectivity index (χ0n) is 17.0. The number of halogens is 3. The first kappa shape index (κ1) is 23.6. The molecule has 8 nitrogen and oxygen atoms in total. The van der Waals surface area contributed by atoms with Gasteiger partial charge in [0.05, 0.1) is 21.3 Å². The van der Waals surface area contributed by atoms with Crippen LogP contribution in [0.3, 0.4) is 0 Å². The number of carbonyl (C=O) groups is 2. The third kappa shape index (κ3) is 6.43. The van der Waals surface area contributed by atoms with Crippen LogP contribution in [-0.2, 0) is 9.53 Å². The van der Waals surface area contributed by atoms with E-state index in [1.807, 2.05) is 0 Å². The van der Waals surface area contributed by atoms with Crippen LogP contribution >= 0.6 is 0 Å². The van der Waals surface area contributed by atoms with Crippen LogP contribution in [0.2, 0.25) is 0 Å². The molecule has 11 heteroatoms. The van der Waals surface area contributed by atoms with Crippen LogP contribution < -0.4 is 24.3 Å². The monoisotopic (exact) mass is 443 g/mol. The molecule has 168 valence electrons. The lowest BCUT2D eigenvalue weighted by molar-refractivity contribution is -0.274. The topological polar surface area (TPSA) is 92.3 Å². The molecule has 1 amide bonds. The van der Waals surface area contributed by atoms with Crippen LogP contribution in [0.25, 0.3) is 0 Å². The molecule has 1 N–H and O–H groups in total. The molecule has 0 heterocycles. The second-order valence-corrected chi connectivity index (χ2v) is 6.02. The number of nitrogens with one attached hydrogen (secondary N) is 1. The highest BCUT2D eigenvalue weighted by molar-refractivity contribution is 5.98. The maximum Gasteiger partial charge on any atom is 0.573 e. The molecule has 31 heavy (non-hydrogen) atoms. The lowest BCUT2D eigenvalue weighted by Crippen LogP contribution is -2.30. The van der Waals surface area contributed by atoms with E-state index in [-0.39, 0.29) is 22.7 Å². The van der Waals surface area contributed by atoms with Gasteiger partial charge in [-0.15, -0.1) is 13.2 Å². The smallest absolute Gasteiger partial charge is 0.496 e. The van der Waals surface area contributed by atoms with E-state index in [2.05, 4.69) is 10.1 Å². The molecule has 0 bridgehead atoms. The minimum atomic E-state index is -4.82. The summed E-state index contributed by atoms with van der Waals surface area (Å²) in [5.41, 5.74) is 0.194. The summed E-state index contributed by atoms with van der Waals surface area (Å²) in [5.74, 6) is -1.25. The number of carbonyl (C=O) groups excluding carboxylic acids is 2. The van der Waals surface area contributed by atoms with Crippen molar-refractivity contribution in [1.82, 2.24) is 0 Å². The summed E-state index contributed by atoms with van der Waals surface area (Å²) in [7, 11) is 4.16. The quantitative estimate of drug-likeness (QED) is 0.621. The number of methoxy groups -OCH3 is 3. The van der Waals surface area contributed by atoms with E-state index in [0.717, 1.165) is 12.1 Å². The van der Waals surface area contributed by atoms with Crippen molar-refractivity contribution >= 4 is 17.6 Å². The predicted octanol–water partition coefficient (Wildman–Crippen LogP) is 3.80. The van der Waals surface area contributed by atoms with Gasteiger partial charge in [-0.3, -0.25) is 4.79 Å². The summed E-state index contributed by atoms with van der Waals surface area (Å²) in [6.45, 7) is 1.33. The molecule has 0 saturated carbocycles. The zero-order chi connectivity index (χ0) is 23.2. The van der Waals surface area contributed by atoms with Crippen LogP contribution in [0.4, 0.5) is 18.9 Å². The Bertz CT molecular complexity index is 930. The average molecular weight is 443 g/mol. The van der Waals surface area contributed by atoms with E-state index in [9.17, 15) is 22.8 Å². The summed E-state index contributed by atoms with van der Waals surface area (Å²) in [4.78, 5) is 24.8. The second kappa shape index (κ2) is 9.92. The van der Waals surface area contributed by atoms with Crippen molar-refractivity contribution in [3.8, 4) is 23.0 Å². The summed E-state index contributed by atoms with van der Waals surface area (Å²) >= 11 is 0. The highest BCUT2D eigenvalue weighted by Crippen LogP contribution is 2.35. The largest absolute Gasteiger partial charge is 0.573 e. The fraction of sp³-hybridized carbons (Fsp3) is 0.300. The molecule has 1 atom stereocenters. The van der Waals surface area contributed by atoms with Crippen molar-refractivity contribution in [2.45, 2.75) is 19.4 Å². The van der Waals surface area contributed by atoms with Gasteiger partial charge in [0.25, 0.3) is 5.91 Å². The van der Waals surface area contributed by atoms with Gasteiger partial charge in [-0.2, -0.15) is 0 Å². The van der Waals surface area contributed by atoms with Crippen molar-refractivity contribution < 1.29 is 46.4 Å². The van der Waals surface area contributed by atoms with Crippen LogP contribution in [0, 0.1) is 0 Å². The van der Waals surface area contributed by atoms with Crippen molar-refractivity contribution in [2.75, 3.05) is 26.6 Å². The lowest BCUT2D eigenvalue weighted by atomic mass is 10.1. The molecular weight excluding hydrogens is 423 g/mol. The van der Waals surface area contributed by atoms with Gasteiger partial charge in [0.2, 0.25) is 0 Å². The maximum absolute atomic E-state index is 12.5. The maximum atomic E-state index is 12.5. The Morgan fingerprint density at radius 1 is 0.903 bits per heavy atom. The Morgan fingerprint density at radius 3 is 1.97 bits per heavy atom. The summed E-state index contributed by atoms with van der Waals surface area (Å²) in [6.07, 6.45) is -6.05. The number of alkyl halides is 3. The molecule has 0 aliphatic heterocycles. The molecule has 0 aromatic heterocycles. The average Bonchev–Trinajstić information content (AvgIpc) is 2.72. The predicted molar refractivity (Wildman–Crippen MR) is 103 cm³/mol. The second-order valence-electron chi connectivity index (χ2n) is 6.02. The molecule has 2 aromatic rings. The summed E-state index contributed by atoms with van der Waals surface area (Å²) in [6, 6.07) is 7.28. The number of benzene rings is 2. The fourth-order valence-electron chi connectivity index (χ4n) is 2.45. The third-order valence-electron chi connectivity index (χ3n) is 3.93. The first-order valence-corrected chi connectivity index (χ1v) is 8.75. The van der Waals surface area contributed by atoms with Gasteiger partial charge in [0.1, 0.15) is 17.1 Å². The van der Waals surface area contributed by atoms with Crippen molar-refractivity contribution in [2.24, 2.45) is 0 Å². The third-order valence-corrected chi connectivity index (χ3v) is 3.93. The number of esters is 1. The Morgan fingerprint density at radius 2 is 1.45 bits per heavy atom. The van der Waals surface area contributed by atoms with E-state index in [1.54, 1.807) is 0 Å². The van der Waals surface area contributed by atoms with Crippen LogP contribution in [0.1, 0.15) is 17.3 Å². The SMILES string of the molecule is COc1cc(OC)c(C(=O)OC(C)C(=O)Nc2ccc(OC(F)(F)F)cc2)cc1OC. The molecule has 2 rings (SSSR count). The number of anilines is 1.